The van der Waals surface area contributed by atoms with Crippen molar-refractivity contribution in [2.75, 3.05) is 5.73 Å². The highest BCUT2D eigenvalue weighted by Gasteiger charge is 2.35. The summed E-state index contributed by atoms with van der Waals surface area (Å²) in [7, 11) is 0. The van der Waals surface area contributed by atoms with Crippen LogP contribution in [0.15, 0.2) is 75.8 Å². The molecule has 37 heavy (non-hydrogen) atoms. The number of rotatable bonds is 13. The first-order valence-electron chi connectivity index (χ1n) is 11.6. The summed E-state index contributed by atoms with van der Waals surface area (Å²) in [5, 5.41) is 11.7. The molecule has 0 spiro atoms. The summed E-state index contributed by atoms with van der Waals surface area (Å²) in [5.41, 5.74) is 14.8. The number of carboxylic acids is 1. The number of thioether (sulfide) groups is 1. The van der Waals surface area contributed by atoms with Gasteiger partial charge in [-0.2, -0.15) is 0 Å². The lowest BCUT2D eigenvalue weighted by Gasteiger charge is -2.29. The molecule has 200 valence electrons. The molecule has 0 bridgehead atoms. The first-order chi connectivity index (χ1) is 17.0. The zero-order chi connectivity index (χ0) is 28.7. The van der Waals surface area contributed by atoms with Gasteiger partial charge in [-0.1, -0.05) is 48.6 Å². The fraction of sp³-hybridized carbons (Fsp3) is 0.345. The molecule has 0 heterocycles. The molecule has 0 aliphatic rings. The van der Waals surface area contributed by atoms with Gasteiger partial charge in [0.05, 0.1) is 10.8 Å². The van der Waals surface area contributed by atoms with Crippen molar-refractivity contribution in [3.63, 3.8) is 0 Å². The number of anilines is 1. The molecule has 0 saturated carbocycles. The summed E-state index contributed by atoms with van der Waals surface area (Å²) < 4.78 is 0. The second kappa shape index (κ2) is 13.0. The maximum Gasteiger partial charge on any atom is 0.309 e. The van der Waals surface area contributed by atoms with Crippen LogP contribution in [-0.4, -0.2) is 23.1 Å². The third kappa shape index (κ3) is 8.23. The van der Waals surface area contributed by atoms with Crippen LogP contribution >= 0.6 is 23.4 Å². The van der Waals surface area contributed by atoms with Gasteiger partial charge in [-0.05, 0) is 82.4 Å². The minimum absolute atomic E-state index is 0.124. The van der Waals surface area contributed by atoms with Crippen molar-refractivity contribution in [2.24, 2.45) is 21.6 Å². The number of aliphatic imine (C=N–C) groups is 1. The molecule has 0 amide bonds. The van der Waals surface area contributed by atoms with Crippen molar-refractivity contribution in [3.05, 3.63) is 81.4 Å². The predicted octanol–water partition coefficient (Wildman–Crippen LogP) is 7.39. The Labute approximate surface area is 229 Å². The summed E-state index contributed by atoms with van der Waals surface area (Å²) in [5.74, 6) is -0.714. The van der Waals surface area contributed by atoms with Crippen LogP contribution < -0.4 is 11.5 Å². The quantitative estimate of drug-likeness (QED) is 0.103. The molecule has 0 radical (unpaired) electrons. The molecular formula is C29H38ClN3O3S. The average molecular weight is 544 g/mol. The molecule has 1 atom stereocenters. The zero-order valence-electron chi connectivity index (χ0n) is 22.6. The first-order valence-corrected chi connectivity index (χ1v) is 12.9. The van der Waals surface area contributed by atoms with Crippen LogP contribution in [0.25, 0.3) is 5.57 Å². The van der Waals surface area contributed by atoms with Crippen molar-refractivity contribution < 1.29 is 14.7 Å². The van der Waals surface area contributed by atoms with Crippen LogP contribution in [0, 0.1) is 10.8 Å². The Bertz CT molecular complexity index is 1210. The SMILES string of the molecule is C=C(C)/C(=C(N)\N=C(/C)C(=C)c1ccc(Cl)cc1N)C(C)(C=O)C(=C)S/C=C(\C)CCC(C)(C)C(=O)O. The van der Waals surface area contributed by atoms with E-state index in [2.05, 4.69) is 24.7 Å². The minimum atomic E-state index is -1.18. The molecule has 8 heteroatoms. The molecule has 6 nitrogen and oxygen atoms in total. The Morgan fingerprint density at radius 2 is 1.78 bits per heavy atom. The Balaban J connectivity index is 3.31. The average Bonchev–Trinajstić information content (AvgIpc) is 2.80. The van der Waals surface area contributed by atoms with Gasteiger partial charge in [0.2, 0.25) is 0 Å². The van der Waals surface area contributed by atoms with E-state index in [1.807, 2.05) is 12.3 Å². The number of benzene rings is 1. The molecule has 0 aromatic heterocycles. The number of hydrogen-bond donors (Lipinski definition) is 3. The maximum absolute atomic E-state index is 12.4. The fourth-order valence-corrected chi connectivity index (χ4v) is 4.51. The summed E-state index contributed by atoms with van der Waals surface area (Å²) >= 11 is 7.31. The van der Waals surface area contributed by atoms with Crippen molar-refractivity contribution in [1.29, 1.82) is 0 Å². The highest BCUT2D eigenvalue weighted by atomic mass is 35.5. The van der Waals surface area contributed by atoms with Crippen molar-refractivity contribution >= 4 is 52.6 Å². The number of aldehydes is 1. The van der Waals surface area contributed by atoms with Crippen molar-refractivity contribution in [2.45, 2.75) is 54.4 Å². The van der Waals surface area contributed by atoms with E-state index in [0.29, 0.717) is 56.5 Å². The Morgan fingerprint density at radius 1 is 1.19 bits per heavy atom. The number of nitrogens with zero attached hydrogens (tertiary/aromatic N) is 1. The molecule has 5 N–H and O–H groups in total. The van der Waals surface area contributed by atoms with Crippen LogP contribution in [0.3, 0.4) is 0 Å². The van der Waals surface area contributed by atoms with Crippen LogP contribution in [0.4, 0.5) is 5.69 Å². The van der Waals surface area contributed by atoms with E-state index in [9.17, 15) is 14.7 Å². The smallest absolute Gasteiger partial charge is 0.309 e. The van der Waals surface area contributed by atoms with Crippen LogP contribution in [0.2, 0.25) is 5.02 Å². The highest BCUT2D eigenvalue weighted by Crippen LogP contribution is 2.43. The number of halogens is 1. The van der Waals surface area contributed by atoms with E-state index >= 15 is 0 Å². The number of carbonyl (C=O) groups is 2. The van der Waals surface area contributed by atoms with E-state index < -0.39 is 16.8 Å². The van der Waals surface area contributed by atoms with E-state index in [-0.39, 0.29) is 5.82 Å². The predicted molar refractivity (Wildman–Crippen MR) is 159 cm³/mol. The second-order valence-electron chi connectivity index (χ2n) is 9.96. The maximum atomic E-state index is 12.4. The number of nitrogen functional groups attached to an aromatic ring is 1. The lowest BCUT2D eigenvalue weighted by atomic mass is 9.80. The standard InChI is InChI=1S/C29H38ClN3O3S/c1-17(2)25(26(32)33-20(5)19(4)23-11-10-22(30)14-24(23)31)29(9,16-34)21(6)37-15-18(3)12-13-28(7,8)27(35)36/h10-11,14-16H,1,4,6,12-13,31-32H2,2-3,5,7-9H3,(H,35,36)/b18-15+,26-25+,33-20+. The third-order valence-electron chi connectivity index (χ3n) is 6.21. The molecule has 0 fully saturated rings. The largest absolute Gasteiger partial charge is 0.481 e. The molecule has 0 aliphatic carbocycles. The van der Waals surface area contributed by atoms with Gasteiger partial charge in [0, 0.05) is 27.6 Å². The van der Waals surface area contributed by atoms with Gasteiger partial charge in [-0.15, -0.1) is 11.8 Å². The molecule has 1 aromatic rings. The molecule has 1 rings (SSSR count). The van der Waals surface area contributed by atoms with Gasteiger partial charge in [-0.25, -0.2) is 4.99 Å². The van der Waals surface area contributed by atoms with Crippen LogP contribution in [-0.2, 0) is 9.59 Å². The molecule has 1 aromatic carbocycles. The fourth-order valence-electron chi connectivity index (χ4n) is 3.47. The van der Waals surface area contributed by atoms with Crippen molar-refractivity contribution in [3.8, 4) is 0 Å². The normalized spacial score (nSPS) is 14.9. The number of aliphatic carboxylic acids is 1. The zero-order valence-corrected chi connectivity index (χ0v) is 24.1. The first kappa shape index (κ1) is 32.0. The van der Waals surface area contributed by atoms with Gasteiger partial charge in [0.25, 0.3) is 0 Å². The van der Waals surface area contributed by atoms with E-state index in [1.165, 1.54) is 11.8 Å². The summed E-state index contributed by atoms with van der Waals surface area (Å²) in [6.07, 6.45) is 1.87. The Kier molecular flexibility index (Phi) is 11.2. The lowest BCUT2D eigenvalue weighted by Crippen LogP contribution is -2.26. The highest BCUT2D eigenvalue weighted by molar-refractivity contribution is 8.05. The van der Waals surface area contributed by atoms with Crippen LogP contribution in [0.1, 0.15) is 59.9 Å². The molecule has 0 aliphatic heterocycles. The Morgan fingerprint density at radius 3 is 2.27 bits per heavy atom. The number of nitrogens with two attached hydrogens (primary N) is 2. The second-order valence-corrected chi connectivity index (χ2v) is 11.4. The number of allylic oxidation sites excluding steroid dienone is 5. The van der Waals surface area contributed by atoms with Gasteiger partial charge >= 0.3 is 5.97 Å². The monoisotopic (exact) mass is 543 g/mol. The van der Waals surface area contributed by atoms with Crippen LogP contribution in [0.5, 0.6) is 0 Å². The van der Waals surface area contributed by atoms with Gasteiger partial charge in [-0.3, -0.25) is 4.79 Å². The summed E-state index contributed by atoms with van der Waals surface area (Å²) in [6.45, 7) is 22.8. The summed E-state index contributed by atoms with van der Waals surface area (Å²) in [6, 6.07) is 5.11. The van der Waals surface area contributed by atoms with Crippen molar-refractivity contribution in [1.82, 2.24) is 0 Å². The van der Waals surface area contributed by atoms with Gasteiger partial charge < -0.3 is 21.4 Å². The van der Waals surface area contributed by atoms with Gasteiger partial charge in [0.15, 0.2) is 0 Å². The third-order valence-corrected chi connectivity index (χ3v) is 7.67. The lowest BCUT2D eigenvalue weighted by molar-refractivity contribution is -0.147. The number of hydrogen-bond acceptors (Lipinski definition) is 6. The minimum Gasteiger partial charge on any atom is -0.481 e. The van der Waals surface area contributed by atoms with Gasteiger partial charge in [0.1, 0.15) is 12.1 Å². The summed E-state index contributed by atoms with van der Waals surface area (Å²) in [4.78, 5) is 28.9. The Hall–Kier alpha value is -3.03. The van der Waals surface area contributed by atoms with E-state index in [0.717, 1.165) is 11.9 Å². The molecule has 1 unspecified atom stereocenters. The van der Waals surface area contributed by atoms with E-state index in [1.54, 1.807) is 52.8 Å². The van der Waals surface area contributed by atoms with E-state index in [4.69, 9.17) is 23.1 Å². The molecular weight excluding hydrogens is 506 g/mol. The number of carbonyl (C=O) groups excluding carboxylic acids is 1. The topological polar surface area (TPSA) is 119 Å². The number of carboxylic acid groups (broad SMARTS) is 1. The molecule has 0 saturated heterocycles.